The van der Waals surface area contributed by atoms with Crippen molar-refractivity contribution in [1.29, 1.82) is 0 Å². The number of hydrogen-bond donors (Lipinski definition) is 3. The van der Waals surface area contributed by atoms with E-state index in [9.17, 15) is 4.79 Å². The largest absolute Gasteiger partial charge is 0.368 e. The number of amides is 2. The second-order valence-electron chi connectivity index (χ2n) is 6.13. The maximum atomic E-state index is 11.9. The van der Waals surface area contributed by atoms with Gasteiger partial charge in [-0.25, -0.2) is 14.8 Å². The van der Waals surface area contributed by atoms with Crippen molar-refractivity contribution in [2.75, 3.05) is 41.7 Å². The number of anilines is 3. The summed E-state index contributed by atoms with van der Waals surface area (Å²) in [7, 11) is 0. The normalized spacial score (nSPS) is 13.6. The summed E-state index contributed by atoms with van der Waals surface area (Å²) in [6.45, 7) is 5.21. The van der Waals surface area contributed by atoms with E-state index in [1.54, 1.807) is 6.33 Å². The Bertz CT molecular complexity index is 697. The minimum atomic E-state index is -0.217. The van der Waals surface area contributed by atoms with Crippen LogP contribution in [-0.4, -0.2) is 42.2 Å². The Labute approximate surface area is 147 Å². The molecule has 132 valence electrons. The molecule has 7 nitrogen and oxygen atoms in total. The molecule has 1 aromatic heterocycles. The number of carbonyl (C=O) groups excluding carboxylic acids is 1. The third kappa shape index (κ3) is 5.07. The van der Waals surface area contributed by atoms with Crippen LogP contribution in [0, 0.1) is 6.92 Å². The lowest BCUT2D eigenvalue weighted by Crippen LogP contribution is -2.32. The Balaban J connectivity index is 1.40. The van der Waals surface area contributed by atoms with E-state index in [-0.39, 0.29) is 6.03 Å². The summed E-state index contributed by atoms with van der Waals surface area (Å²) in [6.07, 6.45) is 4.01. The maximum Gasteiger partial charge on any atom is 0.319 e. The van der Waals surface area contributed by atoms with E-state index in [1.165, 1.54) is 12.8 Å². The molecule has 0 bridgehead atoms. The van der Waals surface area contributed by atoms with Gasteiger partial charge in [0.2, 0.25) is 0 Å². The summed E-state index contributed by atoms with van der Waals surface area (Å²) in [4.78, 5) is 22.7. The van der Waals surface area contributed by atoms with Gasteiger partial charge in [-0.05, 0) is 31.9 Å². The zero-order chi connectivity index (χ0) is 17.5. The summed E-state index contributed by atoms with van der Waals surface area (Å²) >= 11 is 0. The molecule has 1 aliphatic rings. The fraction of sp³-hybridized carbons (Fsp3) is 0.389. The number of aromatic nitrogens is 2. The number of rotatable bonds is 6. The van der Waals surface area contributed by atoms with Crippen molar-refractivity contribution in [2.45, 2.75) is 19.8 Å². The lowest BCUT2D eigenvalue weighted by atomic mass is 10.2. The first kappa shape index (κ1) is 17.0. The van der Waals surface area contributed by atoms with Crippen LogP contribution in [0.5, 0.6) is 0 Å². The first-order chi connectivity index (χ1) is 12.2. The van der Waals surface area contributed by atoms with Gasteiger partial charge in [-0.1, -0.05) is 17.7 Å². The monoisotopic (exact) mass is 340 g/mol. The number of urea groups is 1. The van der Waals surface area contributed by atoms with Gasteiger partial charge in [-0.3, -0.25) is 0 Å². The van der Waals surface area contributed by atoms with Crippen molar-refractivity contribution in [3.05, 3.63) is 42.2 Å². The molecule has 1 fully saturated rings. The Kier molecular flexibility index (Phi) is 5.66. The summed E-state index contributed by atoms with van der Waals surface area (Å²) in [5.74, 6) is 1.73. The molecule has 0 unspecified atom stereocenters. The smallest absolute Gasteiger partial charge is 0.319 e. The third-order valence-electron chi connectivity index (χ3n) is 4.11. The van der Waals surface area contributed by atoms with Gasteiger partial charge in [-0.15, -0.1) is 0 Å². The molecule has 0 saturated carbocycles. The molecule has 1 aromatic carbocycles. The average molecular weight is 340 g/mol. The van der Waals surface area contributed by atoms with E-state index in [4.69, 9.17) is 0 Å². The van der Waals surface area contributed by atoms with Crippen LogP contribution in [0.4, 0.5) is 22.1 Å². The Morgan fingerprint density at radius 2 is 1.88 bits per heavy atom. The van der Waals surface area contributed by atoms with Crippen molar-refractivity contribution in [3.63, 3.8) is 0 Å². The molecule has 2 heterocycles. The fourth-order valence-electron chi connectivity index (χ4n) is 2.74. The van der Waals surface area contributed by atoms with Gasteiger partial charge >= 0.3 is 6.03 Å². The summed E-state index contributed by atoms with van der Waals surface area (Å²) in [5.41, 5.74) is 1.94. The molecule has 2 aromatic rings. The van der Waals surface area contributed by atoms with Crippen LogP contribution < -0.4 is 20.9 Å². The van der Waals surface area contributed by atoms with Crippen molar-refractivity contribution < 1.29 is 4.79 Å². The van der Waals surface area contributed by atoms with Crippen molar-refractivity contribution >= 4 is 23.4 Å². The molecule has 0 radical (unpaired) electrons. The van der Waals surface area contributed by atoms with Crippen LogP contribution in [0.3, 0.4) is 0 Å². The van der Waals surface area contributed by atoms with Crippen LogP contribution in [0.2, 0.25) is 0 Å². The van der Waals surface area contributed by atoms with Gasteiger partial charge < -0.3 is 20.9 Å². The zero-order valence-corrected chi connectivity index (χ0v) is 14.5. The van der Waals surface area contributed by atoms with Gasteiger partial charge in [0.25, 0.3) is 0 Å². The molecule has 3 N–H and O–H groups in total. The number of nitrogens with zero attached hydrogens (tertiary/aromatic N) is 3. The van der Waals surface area contributed by atoms with Crippen LogP contribution in [0.15, 0.2) is 36.7 Å². The highest BCUT2D eigenvalue weighted by molar-refractivity contribution is 5.89. The topological polar surface area (TPSA) is 82.2 Å². The molecule has 1 aliphatic heterocycles. The fourth-order valence-corrected chi connectivity index (χ4v) is 2.74. The number of benzene rings is 1. The summed E-state index contributed by atoms with van der Waals surface area (Å²) in [5, 5.41) is 8.84. The highest BCUT2D eigenvalue weighted by atomic mass is 16.2. The maximum absolute atomic E-state index is 11.9. The van der Waals surface area contributed by atoms with Gasteiger partial charge in [0.05, 0.1) is 0 Å². The van der Waals surface area contributed by atoms with Crippen molar-refractivity contribution in [1.82, 2.24) is 15.3 Å². The summed E-state index contributed by atoms with van der Waals surface area (Å²) in [6, 6.07) is 9.43. The predicted molar refractivity (Wildman–Crippen MR) is 100 cm³/mol. The standard InChI is InChI=1S/C18H24N6O/c1-14-4-6-15(7-5-14)23-18(25)20-9-8-19-16-12-17(22-13-21-16)24-10-2-3-11-24/h4-7,12-13H,2-3,8-11H2,1H3,(H,19,21,22)(H2,20,23,25). The lowest BCUT2D eigenvalue weighted by Gasteiger charge is -2.16. The number of aryl methyl sites for hydroxylation is 1. The van der Waals surface area contributed by atoms with Gasteiger partial charge in [0.15, 0.2) is 0 Å². The van der Waals surface area contributed by atoms with E-state index in [0.29, 0.717) is 13.1 Å². The highest BCUT2D eigenvalue weighted by Crippen LogP contribution is 2.19. The van der Waals surface area contributed by atoms with Crippen molar-refractivity contribution in [3.8, 4) is 0 Å². The van der Waals surface area contributed by atoms with E-state index < -0.39 is 0 Å². The molecule has 0 spiro atoms. The lowest BCUT2D eigenvalue weighted by molar-refractivity contribution is 0.252. The molecule has 2 amide bonds. The molecular weight excluding hydrogens is 316 g/mol. The Morgan fingerprint density at radius 3 is 2.64 bits per heavy atom. The van der Waals surface area contributed by atoms with E-state index in [0.717, 1.165) is 36.0 Å². The number of hydrogen-bond acceptors (Lipinski definition) is 5. The third-order valence-corrected chi connectivity index (χ3v) is 4.11. The highest BCUT2D eigenvalue weighted by Gasteiger charge is 2.13. The van der Waals surface area contributed by atoms with Crippen molar-refractivity contribution in [2.24, 2.45) is 0 Å². The first-order valence-electron chi connectivity index (χ1n) is 8.63. The van der Waals surface area contributed by atoms with Crippen LogP contribution >= 0.6 is 0 Å². The SMILES string of the molecule is Cc1ccc(NC(=O)NCCNc2cc(N3CCCC3)ncn2)cc1. The minimum Gasteiger partial charge on any atom is -0.368 e. The van der Waals surface area contributed by atoms with E-state index in [2.05, 4.69) is 30.8 Å². The molecular formula is C18H24N6O. The Morgan fingerprint density at radius 1 is 1.12 bits per heavy atom. The molecule has 25 heavy (non-hydrogen) atoms. The van der Waals surface area contributed by atoms with E-state index in [1.807, 2.05) is 37.3 Å². The Hall–Kier alpha value is -2.83. The van der Waals surface area contributed by atoms with Crippen LogP contribution in [0.25, 0.3) is 0 Å². The minimum absolute atomic E-state index is 0.217. The summed E-state index contributed by atoms with van der Waals surface area (Å²) < 4.78 is 0. The van der Waals surface area contributed by atoms with Gasteiger partial charge in [-0.2, -0.15) is 0 Å². The molecule has 3 rings (SSSR count). The van der Waals surface area contributed by atoms with E-state index >= 15 is 0 Å². The van der Waals surface area contributed by atoms with Gasteiger partial charge in [0, 0.05) is 37.9 Å². The quantitative estimate of drug-likeness (QED) is 0.704. The van der Waals surface area contributed by atoms with Crippen LogP contribution in [-0.2, 0) is 0 Å². The predicted octanol–water partition coefficient (Wildman–Crippen LogP) is 2.62. The van der Waals surface area contributed by atoms with Crippen LogP contribution in [0.1, 0.15) is 18.4 Å². The zero-order valence-electron chi connectivity index (χ0n) is 14.5. The first-order valence-corrected chi connectivity index (χ1v) is 8.63. The second-order valence-corrected chi connectivity index (χ2v) is 6.13. The molecule has 0 aliphatic carbocycles. The number of nitrogens with one attached hydrogen (secondary N) is 3. The average Bonchev–Trinajstić information content (AvgIpc) is 3.16. The molecule has 7 heteroatoms. The molecule has 1 saturated heterocycles. The van der Waals surface area contributed by atoms with Gasteiger partial charge in [0.1, 0.15) is 18.0 Å². The second kappa shape index (κ2) is 8.32. The molecule has 0 atom stereocenters. The number of carbonyl (C=O) groups is 1.